The van der Waals surface area contributed by atoms with Crippen molar-refractivity contribution in [3.8, 4) is 0 Å². The van der Waals surface area contributed by atoms with Gasteiger partial charge >= 0.3 is 17.6 Å². The lowest BCUT2D eigenvalue weighted by Crippen LogP contribution is -2.54. The molecule has 2 heterocycles. The SMILES string of the molecule is CCCCCCCCCCC(=S)OCCC[Si]1(OCCC(C)O[Si@@]2(CCCS)OCCC(C)O2)OCCC(C)O1. The van der Waals surface area contributed by atoms with Gasteiger partial charge in [-0.3, -0.25) is 0 Å². The number of thiol groups is 1. The third kappa shape index (κ3) is 15.2. The highest BCUT2D eigenvalue weighted by atomic mass is 32.1. The maximum Gasteiger partial charge on any atom is 0.501 e. The molecule has 11 heteroatoms. The second-order valence-corrected chi connectivity index (χ2v) is 17.6. The van der Waals surface area contributed by atoms with Gasteiger partial charge in [0.15, 0.2) is 5.05 Å². The maximum absolute atomic E-state index is 6.47. The van der Waals surface area contributed by atoms with Gasteiger partial charge < -0.3 is 31.3 Å². The summed E-state index contributed by atoms with van der Waals surface area (Å²) < 4.78 is 43.7. The molecule has 0 bridgehead atoms. The van der Waals surface area contributed by atoms with Crippen molar-refractivity contribution < 1.29 is 31.3 Å². The molecule has 2 fully saturated rings. The fourth-order valence-corrected chi connectivity index (χ4v) is 11.6. The molecule has 7 nitrogen and oxygen atoms in total. The van der Waals surface area contributed by atoms with Crippen molar-refractivity contribution in [3.63, 3.8) is 0 Å². The molecule has 0 aromatic carbocycles. The average molecular weight is 639 g/mol. The first kappa shape index (κ1) is 36.6. The smallest absolute Gasteiger partial charge is 0.487 e. The maximum atomic E-state index is 6.47. The van der Waals surface area contributed by atoms with Crippen LogP contribution in [0.25, 0.3) is 0 Å². The zero-order chi connectivity index (χ0) is 29.1. The molecule has 2 aliphatic heterocycles. The Hall–Kier alpha value is 0.434. The number of ether oxygens (including phenoxy) is 1. The summed E-state index contributed by atoms with van der Waals surface area (Å²) >= 11 is 9.85. The largest absolute Gasteiger partial charge is 0.501 e. The lowest BCUT2D eigenvalue weighted by molar-refractivity contribution is -0.0391. The standard InChI is InChI=1S/C29H58O7S2Si2/c1-5-6-7-8-9-10-11-12-15-29(38)30-19-13-24-39(31-20-16-26(2)34-39)32-21-17-27(3)35-40(25-14-23-37)33-22-18-28(4)36-40/h26-28,37H,5-25H2,1-4H3/t26?,27?,28?,39?,40-/m1/s1. The Bertz CT molecular complexity index is 680. The molecule has 2 rings (SSSR count). The summed E-state index contributed by atoms with van der Waals surface area (Å²) in [5.74, 6) is 0.797. The molecule has 40 heavy (non-hydrogen) atoms. The summed E-state index contributed by atoms with van der Waals surface area (Å²) in [6.07, 6.45) is 15.8. The van der Waals surface area contributed by atoms with Crippen molar-refractivity contribution in [1.82, 2.24) is 0 Å². The summed E-state index contributed by atoms with van der Waals surface area (Å²) in [7, 11) is -5.47. The Balaban J connectivity index is 1.70. The monoisotopic (exact) mass is 638 g/mol. The Labute approximate surface area is 258 Å². The van der Waals surface area contributed by atoms with E-state index in [4.69, 9.17) is 43.5 Å². The molecule has 236 valence electrons. The molecule has 0 N–H and O–H groups in total. The van der Waals surface area contributed by atoms with E-state index < -0.39 is 17.6 Å². The number of hydrogen-bond donors (Lipinski definition) is 1. The van der Waals surface area contributed by atoms with Crippen LogP contribution in [0, 0.1) is 0 Å². The fraction of sp³-hybridized carbons (Fsp3) is 0.966. The Morgan fingerprint density at radius 1 is 0.850 bits per heavy atom. The van der Waals surface area contributed by atoms with Crippen LogP contribution in [0.1, 0.15) is 118 Å². The lowest BCUT2D eigenvalue weighted by Gasteiger charge is -2.39. The number of unbranched alkanes of at least 4 members (excludes halogenated alkanes) is 7. The Morgan fingerprint density at radius 2 is 1.45 bits per heavy atom. The summed E-state index contributed by atoms with van der Waals surface area (Å²) in [5, 5.41) is 0.727. The Morgan fingerprint density at radius 3 is 2.10 bits per heavy atom. The van der Waals surface area contributed by atoms with Crippen LogP contribution in [0.4, 0.5) is 0 Å². The average Bonchev–Trinajstić information content (AvgIpc) is 2.91. The first-order valence-corrected chi connectivity index (χ1v) is 20.9. The van der Waals surface area contributed by atoms with Crippen LogP contribution in [-0.2, 0) is 31.3 Å². The van der Waals surface area contributed by atoms with Crippen molar-refractivity contribution in [3.05, 3.63) is 0 Å². The minimum Gasteiger partial charge on any atom is -0.487 e. The van der Waals surface area contributed by atoms with Gasteiger partial charge in [0.2, 0.25) is 0 Å². The molecular weight excluding hydrogens is 581 g/mol. The molecule has 0 aromatic heterocycles. The number of rotatable bonds is 22. The topological polar surface area (TPSA) is 64.6 Å². The van der Waals surface area contributed by atoms with Crippen molar-refractivity contribution in [1.29, 1.82) is 0 Å². The molecule has 5 atom stereocenters. The van der Waals surface area contributed by atoms with Gasteiger partial charge in [-0.2, -0.15) is 12.6 Å². The molecule has 0 aromatic rings. The van der Waals surface area contributed by atoms with Crippen LogP contribution < -0.4 is 0 Å². The van der Waals surface area contributed by atoms with Gasteiger partial charge in [0, 0.05) is 56.6 Å². The van der Waals surface area contributed by atoms with E-state index in [0.717, 1.165) is 67.8 Å². The van der Waals surface area contributed by atoms with E-state index in [0.29, 0.717) is 26.4 Å². The zero-order valence-electron chi connectivity index (χ0n) is 25.8. The van der Waals surface area contributed by atoms with Crippen molar-refractivity contribution in [2.24, 2.45) is 0 Å². The molecule has 2 saturated heterocycles. The van der Waals surface area contributed by atoms with Crippen LogP contribution in [-0.4, -0.2) is 73.2 Å². The second-order valence-electron chi connectivity index (χ2n) is 11.4. The van der Waals surface area contributed by atoms with Crippen LogP contribution in [0.5, 0.6) is 0 Å². The van der Waals surface area contributed by atoms with E-state index in [9.17, 15) is 0 Å². The summed E-state index contributed by atoms with van der Waals surface area (Å²) in [6, 6.07) is 1.53. The van der Waals surface area contributed by atoms with Crippen molar-refractivity contribution >= 4 is 47.5 Å². The third-order valence-corrected chi connectivity index (χ3v) is 14.2. The van der Waals surface area contributed by atoms with Gasteiger partial charge in [0.25, 0.3) is 0 Å². The minimum absolute atomic E-state index is 0.0407. The van der Waals surface area contributed by atoms with E-state index >= 15 is 0 Å². The normalized spacial score (nSPS) is 27.9. The van der Waals surface area contributed by atoms with E-state index in [2.05, 4.69) is 40.3 Å². The van der Waals surface area contributed by atoms with Crippen LogP contribution >= 0.6 is 24.8 Å². The van der Waals surface area contributed by atoms with Crippen LogP contribution in [0.3, 0.4) is 0 Å². The van der Waals surface area contributed by atoms with Crippen LogP contribution in [0.15, 0.2) is 0 Å². The van der Waals surface area contributed by atoms with E-state index in [1.807, 2.05) is 0 Å². The first-order chi connectivity index (χ1) is 19.3. The molecule has 0 amide bonds. The van der Waals surface area contributed by atoms with Crippen molar-refractivity contribution in [2.75, 3.05) is 32.2 Å². The predicted molar refractivity (Wildman–Crippen MR) is 173 cm³/mol. The minimum atomic E-state index is -2.78. The van der Waals surface area contributed by atoms with Gasteiger partial charge in [0.1, 0.15) is 0 Å². The summed E-state index contributed by atoms with van der Waals surface area (Å²) in [4.78, 5) is 0. The highest BCUT2D eigenvalue weighted by molar-refractivity contribution is 7.80. The first-order valence-electron chi connectivity index (χ1n) is 16.0. The van der Waals surface area contributed by atoms with Gasteiger partial charge in [-0.05, 0) is 77.3 Å². The molecular formula is C29H58O7S2Si2. The predicted octanol–water partition coefficient (Wildman–Crippen LogP) is 7.91. The number of hydrogen-bond acceptors (Lipinski definition) is 9. The second kappa shape index (κ2) is 21.2. The summed E-state index contributed by atoms with van der Waals surface area (Å²) in [5.41, 5.74) is 0. The van der Waals surface area contributed by atoms with Gasteiger partial charge in [-0.15, -0.1) is 0 Å². The van der Waals surface area contributed by atoms with E-state index in [1.165, 1.54) is 44.9 Å². The zero-order valence-corrected chi connectivity index (χ0v) is 29.5. The molecule has 0 radical (unpaired) electrons. The molecule has 0 saturated carbocycles. The van der Waals surface area contributed by atoms with Gasteiger partial charge in [-0.25, -0.2) is 0 Å². The van der Waals surface area contributed by atoms with E-state index in [-0.39, 0.29) is 18.3 Å². The number of thiocarbonyl (C=S) groups is 1. The molecule has 0 spiro atoms. The Kier molecular flexibility index (Phi) is 19.4. The third-order valence-electron chi connectivity index (χ3n) is 7.45. The summed E-state index contributed by atoms with van der Waals surface area (Å²) in [6.45, 7) is 11.0. The highest BCUT2D eigenvalue weighted by Gasteiger charge is 2.47. The van der Waals surface area contributed by atoms with Crippen LogP contribution in [0.2, 0.25) is 12.1 Å². The molecule has 4 unspecified atom stereocenters. The highest BCUT2D eigenvalue weighted by Crippen LogP contribution is 2.29. The van der Waals surface area contributed by atoms with Gasteiger partial charge in [0.05, 0.1) is 6.61 Å². The molecule has 0 aliphatic carbocycles. The quantitative estimate of drug-likeness (QED) is 0.0556. The van der Waals surface area contributed by atoms with E-state index in [1.54, 1.807) is 0 Å². The van der Waals surface area contributed by atoms with Crippen molar-refractivity contribution in [2.45, 2.75) is 148 Å². The fourth-order valence-electron chi connectivity index (χ4n) is 5.08. The lowest BCUT2D eigenvalue weighted by atomic mass is 10.1. The molecule has 2 aliphatic rings. The van der Waals surface area contributed by atoms with Gasteiger partial charge in [-0.1, -0.05) is 51.9 Å².